The lowest BCUT2D eigenvalue weighted by atomic mass is 9.76. The quantitative estimate of drug-likeness (QED) is 0.711. The molecule has 0 amide bonds. The van der Waals surface area contributed by atoms with Crippen molar-refractivity contribution in [1.82, 2.24) is 4.90 Å². The lowest BCUT2D eigenvalue weighted by Crippen LogP contribution is -2.57. The summed E-state index contributed by atoms with van der Waals surface area (Å²) in [6, 6.07) is 6.32. The van der Waals surface area contributed by atoms with Crippen molar-refractivity contribution >= 4 is 18.4 Å². The van der Waals surface area contributed by atoms with E-state index in [-0.39, 0.29) is 11.4 Å². The molecule has 7 heteroatoms. The first kappa shape index (κ1) is 19.6. The number of carbonyl (C=O) groups excluding carboxylic acids is 1. The molecule has 4 heterocycles. The number of carbonyl (C=O) groups is 1. The number of rotatable bonds is 2. The van der Waals surface area contributed by atoms with Crippen LogP contribution in [-0.2, 0) is 14.0 Å². The maximum Gasteiger partial charge on any atom is 0.494 e. The Morgan fingerprint density at radius 1 is 1.03 bits per heavy atom. The summed E-state index contributed by atoms with van der Waals surface area (Å²) < 4.78 is 24.1. The largest absolute Gasteiger partial charge is 0.494 e. The van der Waals surface area contributed by atoms with Crippen molar-refractivity contribution in [1.29, 1.82) is 0 Å². The summed E-state index contributed by atoms with van der Waals surface area (Å²) in [4.78, 5) is 15.5. The molecule has 1 spiro atoms. The van der Waals surface area contributed by atoms with Crippen LogP contribution in [0.1, 0.15) is 57.3 Å². The van der Waals surface area contributed by atoms with E-state index in [9.17, 15) is 4.79 Å². The predicted molar refractivity (Wildman–Crippen MR) is 110 cm³/mol. The molecule has 0 atom stereocenters. The fourth-order valence-corrected chi connectivity index (χ4v) is 4.65. The molecule has 0 unspecified atom stereocenters. The van der Waals surface area contributed by atoms with Crippen LogP contribution in [0.5, 0.6) is 5.75 Å². The van der Waals surface area contributed by atoms with E-state index in [1.165, 1.54) is 0 Å². The molecule has 5 rings (SSSR count). The third kappa shape index (κ3) is 3.23. The molecule has 0 saturated carbocycles. The molecular formula is C22H30BNO5. The number of likely N-dealkylation sites (tertiary alicyclic amines) is 1. The highest BCUT2D eigenvalue weighted by Crippen LogP contribution is 2.41. The smallest absolute Gasteiger partial charge is 0.486 e. The number of ether oxygens (including phenoxy) is 2. The number of benzene rings is 1. The second-order valence-corrected chi connectivity index (χ2v) is 9.96. The molecule has 0 N–H and O–H groups in total. The first-order valence-corrected chi connectivity index (χ1v) is 10.7. The number of fused-ring (bicyclic) bond motifs is 1. The molecule has 3 saturated heterocycles. The first-order chi connectivity index (χ1) is 13.7. The topological polar surface area (TPSA) is 57.2 Å². The molecule has 1 aromatic carbocycles. The number of hydrogen-bond acceptors (Lipinski definition) is 6. The van der Waals surface area contributed by atoms with Crippen LogP contribution in [0.4, 0.5) is 0 Å². The van der Waals surface area contributed by atoms with Crippen LogP contribution >= 0.6 is 0 Å². The Bertz CT molecular complexity index is 810. The van der Waals surface area contributed by atoms with E-state index in [1.54, 1.807) is 0 Å². The van der Waals surface area contributed by atoms with Gasteiger partial charge < -0.3 is 18.8 Å². The Labute approximate surface area is 173 Å². The zero-order valence-electron chi connectivity index (χ0n) is 17.8. The van der Waals surface area contributed by atoms with Crippen LogP contribution in [0, 0.1) is 0 Å². The van der Waals surface area contributed by atoms with Crippen molar-refractivity contribution < 1.29 is 23.6 Å². The maximum atomic E-state index is 13.1. The highest BCUT2D eigenvalue weighted by atomic mass is 16.7. The van der Waals surface area contributed by atoms with Crippen molar-refractivity contribution in [2.24, 2.45) is 0 Å². The van der Waals surface area contributed by atoms with Gasteiger partial charge >= 0.3 is 7.12 Å². The first-order valence-electron chi connectivity index (χ1n) is 10.7. The average Bonchev–Trinajstić information content (AvgIpc) is 2.83. The maximum absolute atomic E-state index is 13.1. The molecule has 0 bridgehead atoms. The molecule has 4 aliphatic rings. The van der Waals surface area contributed by atoms with E-state index in [4.69, 9.17) is 18.8 Å². The molecule has 3 fully saturated rings. The van der Waals surface area contributed by atoms with Crippen LogP contribution in [-0.4, -0.2) is 66.9 Å². The SMILES string of the molecule is CC1(C)OB(c2ccc3c(c2)C(=O)CC2(CCN(C4COC4)CC2)O3)OC1(C)C. The Morgan fingerprint density at radius 3 is 2.28 bits per heavy atom. The highest BCUT2D eigenvalue weighted by molar-refractivity contribution is 6.62. The van der Waals surface area contributed by atoms with Crippen molar-refractivity contribution in [2.75, 3.05) is 26.3 Å². The van der Waals surface area contributed by atoms with E-state index < -0.39 is 18.3 Å². The van der Waals surface area contributed by atoms with Gasteiger partial charge in [-0.05, 0) is 45.3 Å². The summed E-state index contributed by atoms with van der Waals surface area (Å²) in [5.74, 6) is 0.854. The number of hydrogen-bond donors (Lipinski definition) is 0. The Hall–Kier alpha value is -1.41. The molecule has 0 aromatic heterocycles. The van der Waals surface area contributed by atoms with Gasteiger partial charge in [0.25, 0.3) is 0 Å². The number of piperidine rings is 1. The van der Waals surface area contributed by atoms with Crippen LogP contribution in [0.25, 0.3) is 0 Å². The summed E-state index contributed by atoms with van der Waals surface area (Å²) in [6.45, 7) is 11.7. The lowest BCUT2D eigenvalue weighted by Gasteiger charge is -2.47. The zero-order chi connectivity index (χ0) is 20.4. The van der Waals surface area contributed by atoms with Gasteiger partial charge in [-0.2, -0.15) is 0 Å². The third-order valence-electron chi connectivity index (χ3n) is 7.48. The normalized spacial score (nSPS) is 28.1. The molecule has 6 nitrogen and oxygen atoms in total. The minimum absolute atomic E-state index is 0.157. The van der Waals surface area contributed by atoms with Crippen molar-refractivity contribution in [3.8, 4) is 5.75 Å². The van der Waals surface area contributed by atoms with Gasteiger partial charge in [0.1, 0.15) is 11.4 Å². The van der Waals surface area contributed by atoms with Crippen molar-refractivity contribution in [3.63, 3.8) is 0 Å². The standard InChI is InChI=1S/C22H30BNO5/c1-20(2)21(3,4)29-23(28-20)15-5-6-19-17(11-15)18(25)12-22(27-19)7-9-24(10-8-22)16-13-26-14-16/h5-6,11,16H,7-10,12-14H2,1-4H3. The van der Waals surface area contributed by atoms with Crippen molar-refractivity contribution in [3.05, 3.63) is 23.8 Å². The fourth-order valence-electron chi connectivity index (χ4n) is 4.65. The highest BCUT2D eigenvalue weighted by Gasteiger charge is 2.52. The monoisotopic (exact) mass is 399 g/mol. The third-order valence-corrected chi connectivity index (χ3v) is 7.48. The summed E-state index contributed by atoms with van der Waals surface area (Å²) in [5.41, 5.74) is 0.347. The molecule has 29 heavy (non-hydrogen) atoms. The zero-order valence-corrected chi connectivity index (χ0v) is 17.8. The minimum Gasteiger partial charge on any atom is -0.486 e. The minimum atomic E-state index is -0.470. The van der Waals surface area contributed by atoms with Gasteiger partial charge in [0.2, 0.25) is 0 Å². The van der Waals surface area contributed by atoms with Crippen LogP contribution in [0.2, 0.25) is 0 Å². The second-order valence-electron chi connectivity index (χ2n) is 9.96. The van der Waals surface area contributed by atoms with Gasteiger partial charge in [-0.15, -0.1) is 0 Å². The van der Waals surface area contributed by atoms with Crippen LogP contribution in [0.15, 0.2) is 18.2 Å². The number of ketones is 1. The Kier molecular flexibility index (Phi) is 4.41. The van der Waals surface area contributed by atoms with E-state index in [0.29, 0.717) is 23.8 Å². The van der Waals surface area contributed by atoms with E-state index >= 15 is 0 Å². The van der Waals surface area contributed by atoms with Crippen LogP contribution in [0.3, 0.4) is 0 Å². The molecular weight excluding hydrogens is 369 g/mol. The van der Waals surface area contributed by atoms with E-state index in [0.717, 1.165) is 44.6 Å². The van der Waals surface area contributed by atoms with Gasteiger partial charge in [0.15, 0.2) is 5.78 Å². The molecule has 156 valence electrons. The van der Waals surface area contributed by atoms with Crippen molar-refractivity contribution in [2.45, 2.75) is 69.8 Å². The number of Topliss-reactive ketones (excluding diaryl/α,β-unsaturated/α-hetero) is 1. The second kappa shape index (κ2) is 6.54. The summed E-state index contributed by atoms with van der Waals surface area (Å²) in [7, 11) is -0.470. The van der Waals surface area contributed by atoms with Gasteiger partial charge in [-0.1, -0.05) is 6.07 Å². The van der Waals surface area contributed by atoms with Crippen LogP contribution < -0.4 is 10.2 Å². The molecule has 1 aromatic rings. The summed E-state index contributed by atoms with van der Waals surface area (Å²) in [5, 5.41) is 0. The Morgan fingerprint density at radius 2 is 1.69 bits per heavy atom. The van der Waals surface area contributed by atoms with E-state index in [2.05, 4.69) is 4.90 Å². The molecule has 0 aliphatic carbocycles. The summed E-state index contributed by atoms with van der Waals surface area (Å²) in [6.07, 6.45) is 2.21. The summed E-state index contributed by atoms with van der Waals surface area (Å²) >= 11 is 0. The van der Waals surface area contributed by atoms with Gasteiger partial charge in [0, 0.05) is 25.9 Å². The predicted octanol–water partition coefficient (Wildman–Crippen LogP) is 2.18. The van der Waals surface area contributed by atoms with Gasteiger partial charge in [0.05, 0.1) is 42.4 Å². The Balaban J connectivity index is 1.33. The van der Waals surface area contributed by atoms with Gasteiger partial charge in [-0.25, -0.2) is 0 Å². The van der Waals surface area contributed by atoms with E-state index in [1.807, 2.05) is 45.9 Å². The molecule has 4 aliphatic heterocycles. The average molecular weight is 399 g/mol. The molecule has 0 radical (unpaired) electrons. The van der Waals surface area contributed by atoms with Gasteiger partial charge in [-0.3, -0.25) is 9.69 Å². The fraction of sp³-hybridized carbons (Fsp3) is 0.682. The lowest BCUT2D eigenvalue weighted by molar-refractivity contribution is -0.0939. The number of nitrogens with zero attached hydrogens (tertiary/aromatic N) is 1.